The smallest absolute Gasteiger partial charge is 0.327 e. The van der Waals surface area contributed by atoms with Gasteiger partial charge in [-0.2, -0.15) is 0 Å². The second-order valence-electron chi connectivity index (χ2n) is 4.77. The molecule has 0 saturated heterocycles. The summed E-state index contributed by atoms with van der Waals surface area (Å²) in [6.45, 7) is 3.75. The molecule has 1 rings (SSSR count). The lowest BCUT2D eigenvalue weighted by Gasteiger charge is -2.18. The van der Waals surface area contributed by atoms with Gasteiger partial charge >= 0.3 is 5.97 Å². The minimum Gasteiger partial charge on any atom is -0.492 e. The lowest BCUT2D eigenvalue weighted by Crippen LogP contribution is -2.27. The molecule has 22 heavy (non-hydrogen) atoms. The first-order valence-electron chi connectivity index (χ1n) is 6.77. The first kappa shape index (κ1) is 18.2. The minimum atomic E-state index is -3.66. The Morgan fingerprint density at radius 3 is 2.50 bits per heavy atom. The molecular weight excluding hydrogens is 308 g/mol. The van der Waals surface area contributed by atoms with Gasteiger partial charge in [0.2, 0.25) is 10.0 Å². The van der Waals surface area contributed by atoms with Gasteiger partial charge in [0.05, 0.1) is 13.7 Å². The predicted molar refractivity (Wildman–Crippen MR) is 83.6 cm³/mol. The summed E-state index contributed by atoms with van der Waals surface area (Å²) in [5.41, 5.74) is 0.488. The van der Waals surface area contributed by atoms with Crippen LogP contribution in [0.15, 0.2) is 23.1 Å². The van der Waals surface area contributed by atoms with Gasteiger partial charge in [-0.3, -0.25) is 0 Å². The van der Waals surface area contributed by atoms with Crippen LogP contribution in [0.5, 0.6) is 5.75 Å². The van der Waals surface area contributed by atoms with E-state index in [-0.39, 0.29) is 10.6 Å². The third kappa shape index (κ3) is 4.11. The molecule has 0 aromatic heterocycles. The van der Waals surface area contributed by atoms with E-state index in [2.05, 4.69) is 10.1 Å². The maximum absolute atomic E-state index is 12.4. The summed E-state index contributed by atoms with van der Waals surface area (Å²) in [6.07, 6.45) is 0. The number of hydrogen-bond acceptors (Lipinski definition) is 6. The Balaban J connectivity index is 3.23. The maximum atomic E-state index is 12.4. The fraction of sp³-hybridized carbons (Fsp3) is 0.500. The molecule has 0 fully saturated rings. The Morgan fingerprint density at radius 1 is 1.36 bits per heavy atom. The fourth-order valence-electron chi connectivity index (χ4n) is 1.76. The molecule has 0 heterocycles. The standard InChI is InChI=1S/C14H22N2O5S/c1-6-21-12-8-7-11(15-10(2)14(17)20-5)9-13(12)22(18,19)16(3)4/h7-10,15H,6H2,1-5H3/t10-/m1/s1. The largest absolute Gasteiger partial charge is 0.492 e. The molecule has 0 spiro atoms. The van der Waals surface area contributed by atoms with Crippen LogP contribution >= 0.6 is 0 Å². The van der Waals surface area contributed by atoms with Crippen molar-refractivity contribution in [2.24, 2.45) is 0 Å². The van der Waals surface area contributed by atoms with Crippen molar-refractivity contribution in [3.05, 3.63) is 18.2 Å². The van der Waals surface area contributed by atoms with E-state index in [0.717, 1.165) is 4.31 Å². The second kappa shape index (κ2) is 7.46. The molecule has 0 radical (unpaired) electrons. The van der Waals surface area contributed by atoms with Crippen molar-refractivity contribution in [2.75, 3.05) is 33.1 Å². The Morgan fingerprint density at radius 2 is 2.00 bits per heavy atom. The van der Waals surface area contributed by atoms with Gasteiger partial charge in [-0.1, -0.05) is 0 Å². The van der Waals surface area contributed by atoms with Crippen molar-refractivity contribution >= 4 is 21.7 Å². The zero-order chi connectivity index (χ0) is 16.9. The quantitative estimate of drug-likeness (QED) is 0.759. The lowest BCUT2D eigenvalue weighted by atomic mass is 10.2. The summed E-state index contributed by atoms with van der Waals surface area (Å²) in [5.74, 6) is -0.168. The monoisotopic (exact) mass is 330 g/mol. The van der Waals surface area contributed by atoms with E-state index in [1.54, 1.807) is 26.0 Å². The molecule has 0 aliphatic rings. The average molecular weight is 330 g/mol. The first-order chi connectivity index (χ1) is 10.2. The number of carbonyl (C=O) groups excluding carboxylic acids is 1. The number of rotatable bonds is 7. The van der Waals surface area contributed by atoms with Gasteiger partial charge in [0, 0.05) is 19.8 Å². The van der Waals surface area contributed by atoms with Gasteiger partial charge in [-0.15, -0.1) is 0 Å². The second-order valence-corrected chi connectivity index (χ2v) is 6.89. The number of esters is 1. The van der Waals surface area contributed by atoms with E-state index < -0.39 is 22.0 Å². The number of hydrogen-bond donors (Lipinski definition) is 1. The average Bonchev–Trinajstić information content (AvgIpc) is 2.47. The highest BCUT2D eigenvalue weighted by Crippen LogP contribution is 2.29. The lowest BCUT2D eigenvalue weighted by molar-refractivity contribution is -0.141. The van der Waals surface area contributed by atoms with E-state index in [1.807, 2.05) is 0 Å². The summed E-state index contributed by atoms with van der Waals surface area (Å²) < 4.78 is 35.9. The normalized spacial score (nSPS) is 12.8. The van der Waals surface area contributed by atoms with Gasteiger partial charge in [0.1, 0.15) is 16.7 Å². The van der Waals surface area contributed by atoms with Crippen LogP contribution in [0.25, 0.3) is 0 Å². The van der Waals surface area contributed by atoms with E-state index in [4.69, 9.17) is 4.74 Å². The molecule has 0 unspecified atom stereocenters. The van der Waals surface area contributed by atoms with Crippen LogP contribution < -0.4 is 10.1 Å². The summed E-state index contributed by atoms with van der Waals surface area (Å²) in [7, 11) is 0.524. The van der Waals surface area contributed by atoms with Gasteiger partial charge in [-0.25, -0.2) is 17.5 Å². The van der Waals surface area contributed by atoms with Crippen LogP contribution in [0.2, 0.25) is 0 Å². The molecule has 1 N–H and O–H groups in total. The number of benzene rings is 1. The summed E-state index contributed by atoms with van der Waals surface area (Å²) in [5, 5.41) is 2.90. The van der Waals surface area contributed by atoms with Gasteiger partial charge in [0.15, 0.2) is 0 Å². The van der Waals surface area contributed by atoms with Crippen molar-refractivity contribution in [2.45, 2.75) is 24.8 Å². The van der Waals surface area contributed by atoms with E-state index in [0.29, 0.717) is 12.3 Å². The predicted octanol–water partition coefficient (Wildman–Crippen LogP) is 1.31. The number of anilines is 1. The van der Waals surface area contributed by atoms with Crippen LogP contribution in [0, 0.1) is 0 Å². The number of nitrogens with one attached hydrogen (secondary N) is 1. The van der Waals surface area contributed by atoms with Crippen molar-refractivity contribution in [1.29, 1.82) is 0 Å². The van der Waals surface area contributed by atoms with Crippen molar-refractivity contribution in [3.63, 3.8) is 0 Å². The SMILES string of the molecule is CCOc1ccc(N[C@H](C)C(=O)OC)cc1S(=O)(=O)N(C)C. The fourth-order valence-corrected chi connectivity index (χ4v) is 2.81. The first-order valence-corrected chi connectivity index (χ1v) is 8.21. The number of nitrogens with zero attached hydrogens (tertiary/aromatic N) is 1. The number of carbonyl (C=O) groups is 1. The third-order valence-electron chi connectivity index (χ3n) is 2.94. The zero-order valence-electron chi connectivity index (χ0n) is 13.4. The highest BCUT2D eigenvalue weighted by molar-refractivity contribution is 7.89. The van der Waals surface area contributed by atoms with Gasteiger partial charge < -0.3 is 14.8 Å². The van der Waals surface area contributed by atoms with Crippen LogP contribution in [0.1, 0.15) is 13.8 Å². The molecule has 7 nitrogen and oxygen atoms in total. The molecule has 1 aromatic rings. The van der Waals surface area contributed by atoms with Crippen molar-refractivity contribution < 1.29 is 22.7 Å². The van der Waals surface area contributed by atoms with E-state index in [9.17, 15) is 13.2 Å². The Labute approximate surface area is 131 Å². The summed E-state index contributed by atoms with van der Waals surface area (Å²) in [6, 6.07) is 4.06. The summed E-state index contributed by atoms with van der Waals surface area (Å²) in [4.78, 5) is 11.5. The molecule has 0 aliphatic carbocycles. The topological polar surface area (TPSA) is 84.9 Å². The summed E-state index contributed by atoms with van der Waals surface area (Å²) >= 11 is 0. The Bertz CT molecular complexity index is 628. The van der Waals surface area contributed by atoms with Gasteiger partial charge in [0.25, 0.3) is 0 Å². The number of methoxy groups -OCH3 is 1. The number of sulfonamides is 1. The molecule has 0 bridgehead atoms. The molecular formula is C14H22N2O5S. The zero-order valence-corrected chi connectivity index (χ0v) is 14.2. The highest BCUT2D eigenvalue weighted by Gasteiger charge is 2.23. The van der Waals surface area contributed by atoms with Crippen LogP contribution in [0.3, 0.4) is 0 Å². The molecule has 0 saturated carbocycles. The Kier molecular flexibility index (Phi) is 6.19. The van der Waals surface area contributed by atoms with Gasteiger partial charge in [-0.05, 0) is 32.0 Å². The highest BCUT2D eigenvalue weighted by atomic mass is 32.2. The minimum absolute atomic E-state index is 0.0430. The van der Waals surface area contributed by atoms with E-state index in [1.165, 1.54) is 27.3 Å². The molecule has 1 aromatic carbocycles. The van der Waals surface area contributed by atoms with Crippen LogP contribution in [-0.4, -0.2) is 52.5 Å². The Hall–Kier alpha value is -1.80. The van der Waals surface area contributed by atoms with Crippen LogP contribution in [-0.2, 0) is 19.6 Å². The van der Waals surface area contributed by atoms with E-state index >= 15 is 0 Å². The van der Waals surface area contributed by atoms with Crippen molar-refractivity contribution in [3.8, 4) is 5.75 Å². The maximum Gasteiger partial charge on any atom is 0.327 e. The molecule has 124 valence electrons. The van der Waals surface area contributed by atoms with Crippen LogP contribution in [0.4, 0.5) is 5.69 Å². The van der Waals surface area contributed by atoms with Crippen molar-refractivity contribution in [1.82, 2.24) is 4.31 Å². The molecule has 1 atom stereocenters. The third-order valence-corrected chi connectivity index (χ3v) is 4.78. The number of ether oxygens (including phenoxy) is 2. The molecule has 8 heteroatoms. The molecule has 0 amide bonds. The molecule has 0 aliphatic heterocycles.